The second-order valence-corrected chi connectivity index (χ2v) is 4.99. The summed E-state index contributed by atoms with van der Waals surface area (Å²) in [4.78, 5) is 11.9. The largest absolute Gasteiger partial charge is 0.334 e. The molecule has 16 heavy (non-hydrogen) atoms. The van der Waals surface area contributed by atoms with Gasteiger partial charge in [0, 0.05) is 31.0 Å². The highest BCUT2D eigenvalue weighted by atomic mass is 16.2. The van der Waals surface area contributed by atoms with Gasteiger partial charge in [0.1, 0.15) is 0 Å². The molecule has 0 spiro atoms. The van der Waals surface area contributed by atoms with Crippen LogP contribution in [-0.2, 0) is 0 Å². The van der Waals surface area contributed by atoms with Gasteiger partial charge in [-0.15, -0.1) is 0 Å². The number of piperidine rings is 1. The fraction of sp³-hybridized carbons (Fsp3) is 0.583. The predicted molar refractivity (Wildman–Crippen MR) is 61.4 cm³/mol. The third-order valence-corrected chi connectivity index (χ3v) is 3.75. The van der Waals surface area contributed by atoms with Crippen LogP contribution in [0, 0.1) is 12.8 Å². The van der Waals surface area contributed by atoms with Crippen molar-refractivity contribution in [3.63, 3.8) is 0 Å². The number of carbonyl (C=O) groups excluding carboxylic acids is 1. The van der Waals surface area contributed by atoms with Crippen molar-refractivity contribution in [1.29, 1.82) is 0 Å². The van der Waals surface area contributed by atoms with Crippen LogP contribution < -0.4 is 10.6 Å². The molecule has 1 aliphatic heterocycles. The van der Waals surface area contributed by atoms with Crippen molar-refractivity contribution in [2.75, 3.05) is 6.54 Å². The zero-order chi connectivity index (χ0) is 11.1. The van der Waals surface area contributed by atoms with E-state index in [2.05, 4.69) is 10.6 Å². The van der Waals surface area contributed by atoms with E-state index >= 15 is 0 Å². The van der Waals surface area contributed by atoms with Crippen molar-refractivity contribution >= 4 is 6.03 Å². The Hall–Kier alpha value is -1.29. The lowest BCUT2D eigenvalue weighted by Gasteiger charge is -2.23. The molecule has 4 heteroatoms. The van der Waals surface area contributed by atoms with E-state index < -0.39 is 0 Å². The van der Waals surface area contributed by atoms with Gasteiger partial charge in [-0.25, -0.2) is 4.79 Å². The number of aromatic nitrogens is 1. The summed E-state index contributed by atoms with van der Waals surface area (Å²) in [6.07, 6.45) is 5.98. The highest BCUT2D eigenvalue weighted by Crippen LogP contribution is 2.31. The van der Waals surface area contributed by atoms with Crippen molar-refractivity contribution in [1.82, 2.24) is 15.2 Å². The Balaban J connectivity index is 1.65. The average molecular weight is 219 g/mol. The Bertz CT molecular complexity index is 412. The lowest BCUT2D eigenvalue weighted by Crippen LogP contribution is -2.45. The van der Waals surface area contributed by atoms with Crippen LogP contribution in [0.5, 0.6) is 0 Å². The number of hydrogen-bond donors (Lipinski definition) is 2. The summed E-state index contributed by atoms with van der Waals surface area (Å²) in [6, 6.07) is 2.94. The van der Waals surface area contributed by atoms with Crippen LogP contribution in [-0.4, -0.2) is 29.2 Å². The number of rotatable bonds is 1. The molecule has 1 amide bonds. The van der Waals surface area contributed by atoms with Gasteiger partial charge in [0.15, 0.2) is 0 Å². The first kappa shape index (κ1) is 9.90. The van der Waals surface area contributed by atoms with E-state index in [1.165, 1.54) is 6.42 Å². The summed E-state index contributed by atoms with van der Waals surface area (Å²) in [6.45, 7) is 3.05. The van der Waals surface area contributed by atoms with Crippen LogP contribution in [0.3, 0.4) is 0 Å². The second kappa shape index (κ2) is 3.63. The molecule has 0 aromatic carbocycles. The molecule has 1 saturated heterocycles. The maximum absolute atomic E-state index is 11.9. The molecular weight excluding hydrogens is 202 g/mol. The molecule has 86 valence electrons. The van der Waals surface area contributed by atoms with Crippen LogP contribution in [0.1, 0.15) is 18.4 Å². The van der Waals surface area contributed by atoms with Gasteiger partial charge in [-0.3, -0.25) is 4.57 Å². The van der Waals surface area contributed by atoms with E-state index in [4.69, 9.17) is 0 Å². The summed E-state index contributed by atoms with van der Waals surface area (Å²) in [7, 11) is 0. The van der Waals surface area contributed by atoms with Crippen LogP contribution in [0.4, 0.5) is 4.79 Å². The first-order valence-electron chi connectivity index (χ1n) is 5.91. The van der Waals surface area contributed by atoms with Gasteiger partial charge in [-0.2, -0.15) is 0 Å². The topological polar surface area (TPSA) is 46.1 Å². The van der Waals surface area contributed by atoms with Gasteiger partial charge in [0.25, 0.3) is 0 Å². The minimum Gasteiger partial charge on any atom is -0.334 e. The average Bonchev–Trinajstić information content (AvgIpc) is 2.92. The Morgan fingerprint density at radius 3 is 3.00 bits per heavy atom. The molecule has 3 rings (SSSR count). The standard InChI is InChI=1S/C12H17N3O/c1-8-2-3-15(7-8)12(16)14-11-5-10-4-9(11)6-13-10/h2-3,7,9-11,13H,4-6H2,1H3,(H,14,16). The molecule has 1 aromatic rings. The number of hydrogen-bond acceptors (Lipinski definition) is 2. The van der Waals surface area contributed by atoms with Crippen LogP contribution >= 0.6 is 0 Å². The van der Waals surface area contributed by atoms with Crippen LogP contribution in [0.25, 0.3) is 0 Å². The number of fused-ring (bicyclic) bond motifs is 2. The van der Waals surface area contributed by atoms with E-state index in [0.717, 1.165) is 18.5 Å². The van der Waals surface area contributed by atoms with E-state index in [0.29, 0.717) is 18.0 Å². The monoisotopic (exact) mass is 219 g/mol. The summed E-state index contributed by atoms with van der Waals surface area (Å²) >= 11 is 0. The van der Waals surface area contributed by atoms with E-state index in [-0.39, 0.29) is 6.03 Å². The van der Waals surface area contributed by atoms with Gasteiger partial charge < -0.3 is 10.6 Å². The number of amides is 1. The number of nitrogens with zero attached hydrogens (tertiary/aromatic N) is 1. The van der Waals surface area contributed by atoms with Gasteiger partial charge >= 0.3 is 6.03 Å². The molecular formula is C12H17N3O. The fourth-order valence-electron chi connectivity index (χ4n) is 2.87. The van der Waals surface area contributed by atoms with Crippen molar-refractivity contribution in [2.45, 2.75) is 31.8 Å². The first-order valence-corrected chi connectivity index (χ1v) is 5.91. The molecule has 1 saturated carbocycles. The molecule has 2 heterocycles. The van der Waals surface area contributed by atoms with Gasteiger partial charge in [0.05, 0.1) is 0 Å². The Labute approximate surface area is 95.0 Å². The first-order chi connectivity index (χ1) is 7.72. The number of aryl methyl sites for hydroxylation is 1. The molecule has 3 unspecified atom stereocenters. The summed E-state index contributed by atoms with van der Waals surface area (Å²) in [5.41, 5.74) is 1.12. The highest BCUT2D eigenvalue weighted by molar-refractivity contribution is 5.77. The molecule has 2 bridgehead atoms. The van der Waals surface area contributed by atoms with Crippen molar-refractivity contribution in [3.05, 3.63) is 24.0 Å². The third-order valence-electron chi connectivity index (χ3n) is 3.75. The van der Waals surface area contributed by atoms with Crippen LogP contribution in [0.2, 0.25) is 0 Å². The minimum absolute atomic E-state index is 0.00523. The predicted octanol–water partition coefficient (Wildman–Crippen LogP) is 1.10. The normalized spacial score (nSPS) is 31.9. The summed E-state index contributed by atoms with van der Waals surface area (Å²) < 4.78 is 1.63. The molecule has 2 aliphatic rings. The maximum atomic E-state index is 11.9. The summed E-state index contributed by atoms with van der Waals surface area (Å²) in [5.74, 6) is 0.630. The number of nitrogens with one attached hydrogen (secondary N) is 2. The van der Waals surface area contributed by atoms with Gasteiger partial charge in [-0.1, -0.05) is 0 Å². The van der Waals surface area contributed by atoms with Crippen molar-refractivity contribution in [3.8, 4) is 0 Å². The quantitative estimate of drug-likeness (QED) is 0.743. The zero-order valence-electron chi connectivity index (χ0n) is 9.44. The lowest BCUT2D eigenvalue weighted by molar-refractivity contribution is 0.233. The van der Waals surface area contributed by atoms with Gasteiger partial charge in [0.2, 0.25) is 0 Å². The Morgan fingerprint density at radius 1 is 1.56 bits per heavy atom. The van der Waals surface area contributed by atoms with E-state index in [1.807, 2.05) is 25.4 Å². The fourth-order valence-corrected chi connectivity index (χ4v) is 2.87. The zero-order valence-corrected chi connectivity index (χ0v) is 9.44. The van der Waals surface area contributed by atoms with Crippen LogP contribution in [0.15, 0.2) is 18.5 Å². The molecule has 4 nitrogen and oxygen atoms in total. The Kier molecular flexibility index (Phi) is 2.24. The third kappa shape index (κ3) is 1.63. The molecule has 1 aliphatic carbocycles. The second-order valence-electron chi connectivity index (χ2n) is 4.99. The number of carbonyl (C=O) groups is 1. The van der Waals surface area contributed by atoms with Crippen molar-refractivity contribution in [2.24, 2.45) is 5.92 Å². The smallest absolute Gasteiger partial charge is 0.325 e. The lowest BCUT2D eigenvalue weighted by atomic mass is 10.0. The molecule has 2 fully saturated rings. The van der Waals surface area contributed by atoms with E-state index in [1.54, 1.807) is 4.57 Å². The van der Waals surface area contributed by atoms with Gasteiger partial charge in [-0.05, 0) is 37.3 Å². The molecule has 0 radical (unpaired) electrons. The minimum atomic E-state index is 0.00523. The maximum Gasteiger partial charge on any atom is 0.325 e. The van der Waals surface area contributed by atoms with Crippen molar-refractivity contribution < 1.29 is 4.79 Å². The molecule has 3 atom stereocenters. The SMILES string of the molecule is Cc1ccn(C(=O)NC2CC3CC2CN3)c1. The van der Waals surface area contributed by atoms with E-state index in [9.17, 15) is 4.79 Å². The Morgan fingerprint density at radius 2 is 2.44 bits per heavy atom. The molecule has 1 aromatic heterocycles. The summed E-state index contributed by atoms with van der Waals surface area (Å²) in [5, 5.41) is 6.57. The molecule has 2 N–H and O–H groups in total. The highest BCUT2D eigenvalue weighted by Gasteiger charge is 2.40.